The van der Waals surface area contributed by atoms with Gasteiger partial charge in [-0.3, -0.25) is 24.1 Å². The number of hydrogen-bond donors (Lipinski definition) is 12. The van der Waals surface area contributed by atoms with Crippen molar-refractivity contribution in [2.24, 2.45) is 5.84 Å². The molecule has 1 aliphatic rings. The Kier molecular flexibility index (Phi) is 29.0. The van der Waals surface area contributed by atoms with Gasteiger partial charge in [0.25, 0.3) is 17.7 Å². The van der Waals surface area contributed by atoms with Crippen molar-refractivity contribution < 1.29 is 61.5 Å². The van der Waals surface area contributed by atoms with Gasteiger partial charge in [-0.25, -0.2) is 59.6 Å². The molecule has 0 aliphatic carbocycles. The molecule has 582 valence electrons. The number of nitrogens with zero attached hydrogens (tertiary/aromatic N) is 12. The van der Waals surface area contributed by atoms with Crippen molar-refractivity contribution in [2.45, 2.75) is 159 Å². The first-order valence-corrected chi connectivity index (χ1v) is 39.9. The molecule has 33 nitrogen and oxygen atoms in total. The summed E-state index contributed by atoms with van der Waals surface area (Å²) in [7, 11) is -7.71. The fraction of sp³-hybridized carbons (Fsp3) is 0.380. The molecule has 0 radical (unpaired) electrons. The quantitative estimate of drug-likeness (QED) is 0.0196. The predicted octanol–water partition coefficient (Wildman–Crippen LogP) is 15.2. The predicted molar refractivity (Wildman–Crippen MR) is 430 cm³/mol. The number of H-pyrrole nitrogens is 1. The summed E-state index contributed by atoms with van der Waals surface area (Å²) < 4.78 is 40.2. The minimum absolute atomic E-state index is 0.0563. The minimum Gasteiger partial charge on any atom is -0.476 e. The Bertz CT molecular complexity index is 5090. The Morgan fingerprint density at radius 1 is 0.541 bits per heavy atom. The van der Waals surface area contributed by atoms with Crippen LogP contribution in [0.3, 0.4) is 0 Å². The summed E-state index contributed by atoms with van der Waals surface area (Å²) in [5, 5.41) is 50.3. The number of rotatable bonds is 15. The second-order valence-corrected chi connectivity index (χ2v) is 35.3. The largest absolute Gasteiger partial charge is 0.476 e. The van der Waals surface area contributed by atoms with Gasteiger partial charge in [0.05, 0.1) is 40.0 Å². The SMILES string of the molecule is CC(=O)NN.CC(C)(C)Nc1nc2c(Br)cccc2nc1C(=O)O.CC(C)(C)Nc1nc2c(Br)cccc2nc1C(=O)O.CCCP(=O)(O)OP(=O)(O)CCC.Cc1nnc(-c2nc3cccc(-c4cc5c([nH]4)CCNC5=O)c3nc2NC(C)(C)C)o1.Cc1nnc(-c2nc3cccc(Br)c3nc2NC(C)(C)C)o1. The van der Waals surface area contributed by atoms with Gasteiger partial charge < -0.3 is 60.4 Å². The number of carbonyl (C=O) groups is 4. The number of para-hydroxylation sites is 4. The van der Waals surface area contributed by atoms with E-state index in [-0.39, 0.29) is 69.3 Å². The molecule has 0 bridgehead atoms. The zero-order chi connectivity index (χ0) is 80.9. The second-order valence-electron chi connectivity index (χ2n) is 28.6. The third-order valence-corrected chi connectivity index (χ3v) is 20.0. The highest BCUT2D eigenvalue weighted by Crippen LogP contribution is 2.59. The van der Waals surface area contributed by atoms with Crippen LogP contribution in [0.4, 0.5) is 23.3 Å². The number of aromatic amines is 1. The number of hydrogen-bond acceptors (Lipinski definition) is 26. The number of hydrazine groups is 1. The van der Waals surface area contributed by atoms with E-state index >= 15 is 0 Å². The van der Waals surface area contributed by atoms with Crippen molar-refractivity contribution in [3.05, 3.63) is 127 Å². The highest BCUT2D eigenvalue weighted by molar-refractivity contribution is 9.11. The number of nitrogens with two attached hydrogens (primary N) is 1. The van der Waals surface area contributed by atoms with Crippen LogP contribution in [-0.2, 0) is 24.7 Å². The second kappa shape index (κ2) is 36.4. The van der Waals surface area contributed by atoms with E-state index in [4.69, 9.17) is 33.6 Å². The van der Waals surface area contributed by atoms with E-state index < -0.39 is 27.1 Å². The van der Waals surface area contributed by atoms with Gasteiger partial charge in [-0.05, 0) is 192 Å². The van der Waals surface area contributed by atoms with Crippen LogP contribution < -0.4 is 37.9 Å². The lowest BCUT2D eigenvalue weighted by atomic mass is 10.1. The molecule has 2 atom stereocenters. The van der Waals surface area contributed by atoms with Crippen LogP contribution in [0.2, 0.25) is 0 Å². The minimum atomic E-state index is -3.86. The van der Waals surface area contributed by atoms with Gasteiger partial charge in [-0.1, -0.05) is 44.2 Å². The number of carboxylic acids is 2. The fourth-order valence-electron chi connectivity index (χ4n) is 9.86. The number of anilines is 4. The van der Waals surface area contributed by atoms with Crippen LogP contribution in [0.5, 0.6) is 0 Å². The molecule has 0 saturated carbocycles. The summed E-state index contributed by atoms with van der Waals surface area (Å²) in [5.74, 6) is 5.47. The Morgan fingerprint density at radius 2 is 0.890 bits per heavy atom. The number of aromatic nitrogens is 13. The van der Waals surface area contributed by atoms with Gasteiger partial charge in [0, 0.05) is 86.3 Å². The Balaban J connectivity index is 0.000000192. The molecule has 13 N–H and O–H groups in total. The van der Waals surface area contributed by atoms with Crippen molar-refractivity contribution in [2.75, 3.05) is 40.1 Å². The first kappa shape index (κ1) is 86.9. The number of fused-ring (bicyclic) bond motifs is 5. The first-order valence-electron chi connectivity index (χ1n) is 34.0. The number of carboxylic acid groups (broad SMARTS) is 2. The van der Waals surface area contributed by atoms with E-state index in [9.17, 15) is 38.5 Å². The molecule has 2 unspecified atom stereocenters. The maximum Gasteiger partial charge on any atom is 0.358 e. The van der Waals surface area contributed by atoms with Gasteiger partial charge >= 0.3 is 27.1 Å². The molecule has 8 heterocycles. The van der Waals surface area contributed by atoms with E-state index in [1.165, 1.54) is 6.92 Å². The van der Waals surface area contributed by atoms with E-state index in [0.29, 0.717) is 105 Å². The van der Waals surface area contributed by atoms with Crippen molar-refractivity contribution in [3.63, 3.8) is 0 Å². The number of carbonyl (C=O) groups excluding carboxylic acids is 2. The summed E-state index contributed by atoms with van der Waals surface area (Å²) in [4.78, 5) is 102. The Labute approximate surface area is 653 Å². The number of amides is 2. The lowest BCUT2D eigenvalue weighted by Crippen LogP contribution is -2.31. The fourth-order valence-corrected chi connectivity index (χ4v) is 14.6. The zero-order valence-electron chi connectivity index (χ0n) is 63.2. The average molecular weight is 1730 g/mol. The number of benzene rings is 4. The molecular formula is C71H89Br3N20O13P2. The molecule has 0 saturated heterocycles. The number of aryl methyl sites for hydroxylation is 2. The Hall–Kier alpha value is -9.38. The molecule has 1 aliphatic heterocycles. The molecular weight excluding hydrogens is 1640 g/mol. The van der Waals surface area contributed by atoms with Gasteiger partial charge in [-0.2, -0.15) is 0 Å². The zero-order valence-corrected chi connectivity index (χ0v) is 69.7. The van der Waals surface area contributed by atoms with Crippen molar-refractivity contribution in [1.29, 1.82) is 0 Å². The maximum absolute atomic E-state index is 12.2. The van der Waals surface area contributed by atoms with Crippen molar-refractivity contribution in [3.8, 4) is 34.4 Å². The van der Waals surface area contributed by atoms with Crippen LogP contribution >= 0.6 is 63.0 Å². The average Bonchev–Trinajstić information content (AvgIpc) is 1.74. The van der Waals surface area contributed by atoms with Gasteiger partial charge in [0.15, 0.2) is 46.0 Å². The van der Waals surface area contributed by atoms with Crippen LogP contribution in [0.1, 0.15) is 166 Å². The van der Waals surface area contributed by atoms with Crippen LogP contribution in [0, 0.1) is 13.8 Å². The highest BCUT2D eigenvalue weighted by atomic mass is 79.9. The summed E-state index contributed by atoms with van der Waals surface area (Å²) in [5.41, 5.74) is 10.4. The Morgan fingerprint density at radius 3 is 1.23 bits per heavy atom. The molecule has 4 aromatic carbocycles. The lowest BCUT2D eigenvalue weighted by molar-refractivity contribution is -0.119. The molecule has 7 aromatic heterocycles. The van der Waals surface area contributed by atoms with Gasteiger partial charge in [0.1, 0.15) is 22.1 Å². The normalized spacial score (nSPS) is 13.1. The number of nitrogens with one attached hydrogen (secondary N) is 7. The summed E-state index contributed by atoms with van der Waals surface area (Å²) in [6, 6.07) is 24.2. The van der Waals surface area contributed by atoms with Crippen LogP contribution in [-0.4, -0.2) is 150 Å². The molecule has 109 heavy (non-hydrogen) atoms. The summed E-state index contributed by atoms with van der Waals surface area (Å²) >= 11 is 10.3. The van der Waals surface area contributed by atoms with E-state index in [0.717, 1.165) is 47.8 Å². The summed E-state index contributed by atoms with van der Waals surface area (Å²) in [6.45, 7) is 32.8. The van der Waals surface area contributed by atoms with Crippen LogP contribution in [0.25, 0.3) is 78.6 Å². The summed E-state index contributed by atoms with van der Waals surface area (Å²) in [6.07, 6.45) is 1.50. The van der Waals surface area contributed by atoms with E-state index in [1.807, 2.05) is 122 Å². The number of halogens is 3. The molecule has 12 rings (SSSR count). The lowest BCUT2D eigenvalue weighted by Gasteiger charge is -2.22. The van der Waals surface area contributed by atoms with Crippen molar-refractivity contribution >= 4 is 154 Å². The van der Waals surface area contributed by atoms with Crippen molar-refractivity contribution in [1.82, 2.24) is 76.0 Å². The topological polar surface area (TPSA) is 488 Å². The molecule has 11 aromatic rings. The van der Waals surface area contributed by atoms with Gasteiger partial charge in [-0.15, -0.1) is 20.4 Å². The first-order chi connectivity index (χ1) is 50.8. The number of aromatic carboxylic acids is 2. The van der Waals surface area contributed by atoms with E-state index in [2.05, 4.69) is 156 Å². The molecule has 0 fully saturated rings. The third-order valence-electron chi connectivity index (χ3n) is 14.0. The molecule has 2 amide bonds. The molecule has 0 spiro atoms. The third kappa shape index (κ3) is 25.3. The molecule has 38 heteroatoms. The highest BCUT2D eigenvalue weighted by Gasteiger charge is 2.31. The van der Waals surface area contributed by atoms with Gasteiger partial charge in [0.2, 0.25) is 17.7 Å². The van der Waals surface area contributed by atoms with E-state index in [1.54, 1.807) is 52.0 Å². The smallest absolute Gasteiger partial charge is 0.358 e. The van der Waals surface area contributed by atoms with Crippen LogP contribution in [0.15, 0.2) is 101 Å². The standard InChI is InChI=1S/C22H23N7O2.C15H16BrN5O.2C13H14BrN3O2.C6H16O5P2.C2H6N2O/c1-11-28-29-21(31-11)18-19(27-22(2,3)4)26-17-12(6-5-7-15(17)25-18)16-10-13-14(24-16)8-9-23-20(13)30;1-8-20-21-14(22-8)12-13(19-15(2,3)4)18-11-9(16)6-5-7-10(11)17-12;2*1-13(2,3)17-11-10(12(18)19)15-8-6-4-5-7(14)9(8)16-11;1-3-5-12(7,8)11-13(9,10)6-4-2;1-2(5)4-3/h5-7,10,24H,8-9H2,1-4H3,(H,23,30)(H,26,27);5-7H,1-4H3,(H,18,19);2*4-6H,1-3H3,(H,16,17)(H,18,19);3-6H2,1-2H3,(H,7,8)(H,9,10);3H2,1H3,(H,4,5). The monoisotopic (exact) mass is 1730 g/mol. The maximum atomic E-state index is 12.2.